The predicted octanol–water partition coefficient (Wildman–Crippen LogP) is 4.87. The maximum atomic E-state index is 10.7. The van der Waals surface area contributed by atoms with Gasteiger partial charge in [-0.1, -0.05) is 29.8 Å². The molecule has 0 atom stereocenters. The van der Waals surface area contributed by atoms with Crippen LogP contribution in [0.1, 0.15) is 16.7 Å². The minimum Gasteiger partial charge on any atom is -0.488 e. The van der Waals surface area contributed by atoms with Crippen molar-refractivity contribution in [3.05, 3.63) is 68.2 Å². The first kappa shape index (κ1) is 15.6. The van der Waals surface area contributed by atoms with Gasteiger partial charge in [-0.15, -0.1) is 11.6 Å². The minimum absolute atomic E-state index is 0.0407. The number of nitro benzene ring substituents is 1. The Bertz CT molecular complexity index is 674. The molecule has 21 heavy (non-hydrogen) atoms. The lowest BCUT2D eigenvalue weighted by atomic mass is 10.1. The average molecular weight is 326 g/mol. The maximum absolute atomic E-state index is 10.7. The topological polar surface area (TPSA) is 52.4 Å². The zero-order valence-corrected chi connectivity index (χ0v) is 12.8. The Morgan fingerprint density at radius 3 is 2.62 bits per heavy atom. The van der Waals surface area contributed by atoms with Gasteiger partial charge in [0.15, 0.2) is 0 Å². The third-order valence-electron chi connectivity index (χ3n) is 3.06. The SMILES string of the molecule is Cc1cccc(CCl)c1OCc1ccc([N+](=O)[O-])cc1Cl. The van der Waals surface area contributed by atoms with Crippen molar-refractivity contribution in [1.82, 2.24) is 0 Å². The van der Waals surface area contributed by atoms with Crippen LogP contribution in [0, 0.1) is 17.0 Å². The molecule has 2 aromatic rings. The lowest BCUT2D eigenvalue weighted by Gasteiger charge is -2.13. The summed E-state index contributed by atoms with van der Waals surface area (Å²) in [5.41, 5.74) is 2.52. The largest absolute Gasteiger partial charge is 0.488 e. The van der Waals surface area contributed by atoms with Gasteiger partial charge in [-0.25, -0.2) is 0 Å². The molecule has 0 aromatic heterocycles. The molecule has 0 amide bonds. The molecule has 2 aromatic carbocycles. The fourth-order valence-corrected chi connectivity index (χ4v) is 2.38. The van der Waals surface area contributed by atoms with Crippen LogP contribution in [0.2, 0.25) is 5.02 Å². The third kappa shape index (κ3) is 3.65. The van der Waals surface area contributed by atoms with Gasteiger partial charge in [0.05, 0.1) is 15.8 Å². The number of hydrogen-bond acceptors (Lipinski definition) is 3. The van der Waals surface area contributed by atoms with Gasteiger partial charge in [0.1, 0.15) is 12.4 Å². The number of alkyl halides is 1. The van der Waals surface area contributed by atoms with Gasteiger partial charge in [0.25, 0.3) is 5.69 Å². The standard InChI is InChI=1S/C15H13Cl2NO3/c1-10-3-2-4-11(8-16)15(10)21-9-12-5-6-13(18(19)20)7-14(12)17/h2-7H,8-9H2,1H3. The fourth-order valence-electron chi connectivity index (χ4n) is 1.94. The Hall–Kier alpha value is -1.78. The summed E-state index contributed by atoms with van der Waals surface area (Å²) in [6, 6.07) is 10.1. The number of hydrogen-bond donors (Lipinski definition) is 0. The Morgan fingerprint density at radius 1 is 1.24 bits per heavy atom. The lowest BCUT2D eigenvalue weighted by Crippen LogP contribution is -2.01. The number of benzene rings is 2. The van der Waals surface area contributed by atoms with Crippen LogP contribution in [-0.2, 0) is 12.5 Å². The Labute approximate surface area is 132 Å². The van der Waals surface area contributed by atoms with E-state index in [0.29, 0.717) is 16.5 Å². The minimum atomic E-state index is -0.483. The first-order valence-electron chi connectivity index (χ1n) is 6.23. The summed E-state index contributed by atoms with van der Waals surface area (Å²) in [6.07, 6.45) is 0. The van der Waals surface area contributed by atoms with Crippen molar-refractivity contribution < 1.29 is 9.66 Å². The third-order valence-corrected chi connectivity index (χ3v) is 3.70. The van der Waals surface area contributed by atoms with Gasteiger partial charge < -0.3 is 4.74 Å². The molecule has 110 valence electrons. The second kappa shape index (κ2) is 6.78. The van der Waals surface area contributed by atoms with Crippen molar-refractivity contribution in [1.29, 1.82) is 0 Å². The number of nitro groups is 1. The summed E-state index contributed by atoms with van der Waals surface area (Å²) < 4.78 is 5.79. The molecule has 0 saturated carbocycles. The molecule has 0 radical (unpaired) electrons. The highest BCUT2D eigenvalue weighted by Gasteiger charge is 2.11. The molecular weight excluding hydrogens is 313 g/mol. The van der Waals surface area contributed by atoms with Crippen LogP contribution < -0.4 is 4.74 Å². The van der Waals surface area contributed by atoms with Crippen LogP contribution in [0.5, 0.6) is 5.75 Å². The highest BCUT2D eigenvalue weighted by molar-refractivity contribution is 6.31. The molecule has 2 rings (SSSR count). The van der Waals surface area contributed by atoms with Crippen molar-refractivity contribution in [2.24, 2.45) is 0 Å². The van der Waals surface area contributed by atoms with E-state index in [1.807, 2.05) is 25.1 Å². The molecule has 0 saturated heterocycles. The van der Waals surface area contributed by atoms with E-state index < -0.39 is 4.92 Å². The van der Waals surface area contributed by atoms with Crippen molar-refractivity contribution in [2.45, 2.75) is 19.4 Å². The predicted molar refractivity (Wildman–Crippen MR) is 83.2 cm³/mol. The summed E-state index contributed by atoms with van der Waals surface area (Å²) in [5, 5.41) is 11.0. The van der Waals surface area contributed by atoms with Gasteiger partial charge in [-0.3, -0.25) is 10.1 Å². The zero-order chi connectivity index (χ0) is 15.4. The molecule has 0 heterocycles. The smallest absolute Gasteiger partial charge is 0.270 e. The molecule has 6 heteroatoms. The zero-order valence-electron chi connectivity index (χ0n) is 11.3. The maximum Gasteiger partial charge on any atom is 0.270 e. The van der Waals surface area contributed by atoms with E-state index in [9.17, 15) is 10.1 Å². The summed E-state index contributed by atoms with van der Waals surface area (Å²) in [4.78, 5) is 10.2. The molecule has 0 aliphatic heterocycles. The number of nitrogens with zero attached hydrogens (tertiary/aromatic N) is 1. The highest BCUT2D eigenvalue weighted by atomic mass is 35.5. The summed E-state index contributed by atoms with van der Waals surface area (Å²) >= 11 is 11.9. The Kier molecular flexibility index (Phi) is 5.04. The Morgan fingerprint density at radius 2 is 2.00 bits per heavy atom. The van der Waals surface area contributed by atoms with Gasteiger partial charge in [0, 0.05) is 23.3 Å². The molecule has 0 N–H and O–H groups in total. The quantitative estimate of drug-likeness (QED) is 0.447. The van der Waals surface area contributed by atoms with Gasteiger partial charge in [0.2, 0.25) is 0 Å². The van der Waals surface area contributed by atoms with Crippen LogP contribution in [-0.4, -0.2) is 4.92 Å². The van der Waals surface area contributed by atoms with E-state index in [1.54, 1.807) is 6.07 Å². The summed E-state index contributed by atoms with van der Waals surface area (Å²) in [7, 11) is 0. The number of aryl methyl sites for hydroxylation is 1. The lowest BCUT2D eigenvalue weighted by molar-refractivity contribution is -0.384. The fraction of sp³-hybridized carbons (Fsp3) is 0.200. The van der Waals surface area contributed by atoms with Crippen molar-refractivity contribution in [2.75, 3.05) is 0 Å². The van der Waals surface area contributed by atoms with Crippen molar-refractivity contribution >= 4 is 28.9 Å². The number of halogens is 2. The van der Waals surface area contributed by atoms with Crippen LogP contribution >= 0.6 is 23.2 Å². The van der Waals surface area contributed by atoms with E-state index in [-0.39, 0.29) is 12.3 Å². The van der Waals surface area contributed by atoms with E-state index in [2.05, 4.69) is 0 Å². The summed E-state index contributed by atoms with van der Waals surface area (Å²) in [5.74, 6) is 1.08. The van der Waals surface area contributed by atoms with E-state index >= 15 is 0 Å². The Balaban J connectivity index is 2.19. The van der Waals surface area contributed by atoms with Gasteiger partial charge >= 0.3 is 0 Å². The van der Waals surface area contributed by atoms with Crippen LogP contribution in [0.15, 0.2) is 36.4 Å². The van der Waals surface area contributed by atoms with E-state index in [4.69, 9.17) is 27.9 Å². The highest BCUT2D eigenvalue weighted by Crippen LogP contribution is 2.28. The van der Waals surface area contributed by atoms with Crippen molar-refractivity contribution in [3.63, 3.8) is 0 Å². The second-order valence-electron chi connectivity index (χ2n) is 4.52. The van der Waals surface area contributed by atoms with Crippen LogP contribution in [0.4, 0.5) is 5.69 Å². The van der Waals surface area contributed by atoms with Gasteiger partial charge in [-0.05, 0) is 18.6 Å². The van der Waals surface area contributed by atoms with Crippen LogP contribution in [0.25, 0.3) is 0 Å². The second-order valence-corrected chi connectivity index (χ2v) is 5.19. The monoisotopic (exact) mass is 325 g/mol. The van der Waals surface area contributed by atoms with Gasteiger partial charge in [-0.2, -0.15) is 0 Å². The number of non-ortho nitro benzene ring substituents is 1. The van der Waals surface area contributed by atoms with E-state index in [1.165, 1.54) is 12.1 Å². The van der Waals surface area contributed by atoms with Crippen LogP contribution in [0.3, 0.4) is 0 Å². The molecule has 0 spiro atoms. The molecular formula is C15H13Cl2NO3. The normalized spacial score (nSPS) is 10.4. The first-order chi connectivity index (χ1) is 10.0. The molecule has 0 aliphatic rings. The molecule has 4 nitrogen and oxygen atoms in total. The molecule has 0 fully saturated rings. The number of para-hydroxylation sites is 1. The number of ether oxygens (including phenoxy) is 1. The number of rotatable bonds is 5. The van der Waals surface area contributed by atoms with Crippen molar-refractivity contribution in [3.8, 4) is 5.75 Å². The molecule has 0 aliphatic carbocycles. The first-order valence-corrected chi connectivity index (χ1v) is 7.14. The van der Waals surface area contributed by atoms with E-state index in [0.717, 1.165) is 16.9 Å². The molecule has 0 unspecified atom stereocenters. The molecule has 0 bridgehead atoms. The summed E-state index contributed by atoms with van der Waals surface area (Å²) in [6.45, 7) is 2.16. The average Bonchev–Trinajstić information content (AvgIpc) is 2.46.